The van der Waals surface area contributed by atoms with Gasteiger partial charge in [-0.2, -0.15) is 0 Å². The molecule has 0 unspecified atom stereocenters. The second-order valence-corrected chi connectivity index (χ2v) is 7.47. The number of hydrogen-bond acceptors (Lipinski definition) is 2. The fourth-order valence-electron chi connectivity index (χ4n) is 3.27. The van der Waals surface area contributed by atoms with E-state index in [2.05, 4.69) is 15.9 Å². The Kier molecular flexibility index (Phi) is 4.69. The third-order valence-electron chi connectivity index (χ3n) is 4.60. The van der Waals surface area contributed by atoms with Crippen molar-refractivity contribution in [1.29, 1.82) is 0 Å². The van der Waals surface area contributed by atoms with Gasteiger partial charge in [-0.15, -0.1) is 0 Å². The number of aryl methyl sites for hydroxylation is 1. The summed E-state index contributed by atoms with van der Waals surface area (Å²) in [6, 6.07) is 18.6. The number of carbonyl (C=O) groups excluding carboxylic acids is 2. The van der Waals surface area contributed by atoms with Gasteiger partial charge in [0.1, 0.15) is 5.82 Å². The molecule has 138 valence electrons. The van der Waals surface area contributed by atoms with E-state index in [1.165, 1.54) is 12.1 Å². The first kappa shape index (κ1) is 18.3. The molecule has 0 aromatic heterocycles. The predicted octanol–water partition coefficient (Wildman–Crippen LogP) is 5.62. The van der Waals surface area contributed by atoms with Crippen molar-refractivity contribution >= 4 is 45.1 Å². The number of fused-ring (bicyclic) bond motifs is 1. The molecule has 0 bridgehead atoms. The third-order valence-corrected chi connectivity index (χ3v) is 5.10. The number of hydrogen-bond donors (Lipinski definition) is 0. The lowest BCUT2D eigenvalue weighted by molar-refractivity contribution is -0.112. The summed E-state index contributed by atoms with van der Waals surface area (Å²) < 4.78 is 15.0. The summed E-state index contributed by atoms with van der Waals surface area (Å²) in [6.45, 7) is 1.89. The van der Waals surface area contributed by atoms with E-state index < -0.39 is 17.6 Å². The Hall–Kier alpha value is -3.05. The number of imide groups is 1. The van der Waals surface area contributed by atoms with Gasteiger partial charge < -0.3 is 0 Å². The molecule has 3 aromatic rings. The maximum atomic E-state index is 14.3. The maximum absolute atomic E-state index is 14.3. The highest BCUT2D eigenvalue weighted by molar-refractivity contribution is 9.10. The Morgan fingerprint density at radius 1 is 0.893 bits per heavy atom. The minimum absolute atomic E-state index is 0.270. The summed E-state index contributed by atoms with van der Waals surface area (Å²) in [7, 11) is 0. The van der Waals surface area contributed by atoms with Crippen LogP contribution in [0.15, 0.2) is 71.2 Å². The molecule has 3 aromatic carbocycles. The molecule has 5 heteroatoms. The van der Waals surface area contributed by atoms with Crippen LogP contribution in [0.2, 0.25) is 0 Å². The Morgan fingerprint density at radius 2 is 1.64 bits per heavy atom. The maximum Gasteiger partial charge on any atom is 0.265 e. The van der Waals surface area contributed by atoms with Crippen LogP contribution in [0.3, 0.4) is 0 Å². The molecular formula is C23H15BrFNO2. The summed E-state index contributed by atoms with van der Waals surface area (Å²) in [5.74, 6) is -1.31. The van der Waals surface area contributed by atoms with Gasteiger partial charge in [0.25, 0.3) is 11.8 Å². The molecule has 28 heavy (non-hydrogen) atoms. The van der Waals surface area contributed by atoms with E-state index in [9.17, 15) is 14.0 Å². The van der Waals surface area contributed by atoms with Crippen molar-refractivity contribution in [3.05, 3.63) is 99.3 Å². The van der Waals surface area contributed by atoms with Gasteiger partial charge in [-0.3, -0.25) is 9.59 Å². The van der Waals surface area contributed by atoms with Crippen molar-refractivity contribution in [2.45, 2.75) is 6.92 Å². The van der Waals surface area contributed by atoms with Crippen LogP contribution in [0.5, 0.6) is 0 Å². The molecule has 0 spiro atoms. The van der Waals surface area contributed by atoms with Crippen LogP contribution in [-0.4, -0.2) is 11.8 Å². The standard InChI is InChI=1S/C23H15BrFNO2/c1-14-5-4-6-17(11-14)26-22(27)19-8-3-2-7-18(19)20(23(26)28)13-15-12-16(24)9-10-21(15)25/h2-13H,1H3/b20-13-. The highest BCUT2D eigenvalue weighted by atomic mass is 79.9. The Bertz CT molecular complexity index is 1150. The zero-order valence-corrected chi connectivity index (χ0v) is 16.5. The lowest BCUT2D eigenvalue weighted by Gasteiger charge is -2.29. The molecule has 0 atom stereocenters. The van der Waals surface area contributed by atoms with E-state index in [1.54, 1.807) is 54.6 Å². The Morgan fingerprint density at radius 3 is 2.39 bits per heavy atom. The second-order valence-electron chi connectivity index (χ2n) is 6.55. The minimum Gasteiger partial charge on any atom is -0.268 e. The van der Waals surface area contributed by atoms with Crippen LogP contribution in [0.25, 0.3) is 11.6 Å². The van der Waals surface area contributed by atoms with Crippen molar-refractivity contribution in [3.63, 3.8) is 0 Å². The van der Waals surface area contributed by atoms with E-state index in [4.69, 9.17) is 0 Å². The largest absolute Gasteiger partial charge is 0.268 e. The van der Waals surface area contributed by atoms with Gasteiger partial charge in [0.2, 0.25) is 0 Å². The molecule has 0 saturated carbocycles. The van der Waals surface area contributed by atoms with E-state index >= 15 is 0 Å². The number of amides is 2. The molecule has 0 radical (unpaired) electrons. The number of carbonyl (C=O) groups is 2. The van der Waals surface area contributed by atoms with E-state index in [-0.39, 0.29) is 11.1 Å². The van der Waals surface area contributed by atoms with Crippen molar-refractivity contribution in [2.75, 3.05) is 4.90 Å². The van der Waals surface area contributed by atoms with Gasteiger partial charge in [-0.05, 0) is 60.5 Å². The van der Waals surface area contributed by atoms with E-state index in [1.807, 2.05) is 13.0 Å². The molecular weight excluding hydrogens is 421 g/mol. The summed E-state index contributed by atoms with van der Waals surface area (Å²) in [6.07, 6.45) is 1.50. The Labute approximate surface area is 170 Å². The molecule has 3 nitrogen and oxygen atoms in total. The average molecular weight is 436 g/mol. The monoisotopic (exact) mass is 435 g/mol. The average Bonchev–Trinajstić information content (AvgIpc) is 2.68. The first-order valence-corrected chi connectivity index (χ1v) is 9.46. The van der Waals surface area contributed by atoms with Crippen LogP contribution in [-0.2, 0) is 4.79 Å². The van der Waals surface area contributed by atoms with Gasteiger partial charge in [0.15, 0.2) is 0 Å². The van der Waals surface area contributed by atoms with Crippen LogP contribution in [0.4, 0.5) is 10.1 Å². The van der Waals surface area contributed by atoms with Crippen molar-refractivity contribution in [3.8, 4) is 0 Å². The molecule has 1 aliphatic heterocycles. The normalized spacial score (nSPS) is 15.1. The number of nitrogens with zero attached hydrogens (tertiary/aromatic N) is 1. The van der Waals surface area contributed by atoms with Crippen molar-refractivity contribution in [2.24, 2.45) is 0 Å². The van der Waals surface area contributed by atoms with Gasteiger partial charge in [0, 0.05) is 21.2 Å². The highest BCUT2D eigenvalue weighted by Gasteiger charge is 2.35. The molecule has 2 amide bonds. The van der Waals surface area contributed by atoms with Crippen LogP contribution in [0, 0.1) is 12.7 Å². The van der Waals surface area contributed by atoms with Crippen molar-refractivity contribution in [1.82, 2.24) is 0 Å². The SMILES string of the molecule is Cc1cccc(N2C(=O)/C(=C\c3cc(Br)ccc3F)c3ccccc3C2=O)c1. The highest BCUT2D eigenvalue weighted by Crippen LogP contribution is 2.34. The predicted molar refractivity (Wildman–Crippen MR) is 111 cm³/mol. The molecule has 0 fully saturated rings. The Balaban J connectivity index is 1.94. The number of halogens is 2. The number of rotatable bonds is 2. The molecule has 1 aliphatic rings. The third kappa shape index (κ3) is 3.18. The first-order chi connectivity index (χ1) is 13.5. The van der Waals surface area contributed by atoms with Crippen LogP contribution in [0.1, 0.15) is 27.0 Å². The lowest BCUT2D eigenvalue weighted by atomic mass is 9.91. The van der Waals surface area contributed by atoms with Gasteiger partial charge in [0.05, 0.1) is 5.69 Å². The molecule has 0 saturated heterocycles. The minimum atomic E-state index is -0.478. The summed E-state index contributed by atoms with van der Waals surface area (Å²) in [4.78, 5) is 27.5. The topological polar surface area (TPSA) is 37.4 Å². The van der Waals surface area contributed by atoms with E-state index in [0.29, 0.717) is 21.3 Å². The summed E-state index contributed by atoms with van der Waals surface area (Å²) >= 11 is 3.33. The van der Waals surface area contributed by atoms with Crippen molar-refractivity contribution < 1.29 is 14.0 Å². The summed E-state index contributed by atoms with van der Waals surface area (Å²) in [5.41, 5.74) is 2.87. The second kappa shape index (κ2) is 7.17. The van der Waals surface area contributed by atoms with Gasteiger partial charge in [-0.1, -0.05) is 46.3 Å². The number of benzene rings is 3. The molecule has 0 N–H and O–H groups in total. The van der Waals surface area contributed by atoms with E-state index in [0.717, 1.165) is 10.5 Å². The first-order valence-electron chi connectivity index (χ1n) is 8.67. The van der Waals surface area contributed by atoms with Crippen LogP contribution >= 0.6 is 15.9 Å². The zero-order valence-electron chi connectivity index (χ0n) is 14.9. The summed E-state index contributed by atoms with van der Waals surface area (Å²) in [5, 5.41) is 0. The quantitative estimate of drug-likeness (QED) is 0.386. The van der Waals surface area contributed by atoms with Gasteiger partial charge >= 0.3 is 0 Å². The van der Waals surface area contributed by atoms with Gasteiger partial charge in [-0.25, -0.2) is 9.29 Å². The fraction of sp³-hybridized carbons (Fsp3) is 0.0435. The fourth-order valence-corrected chi connectivity index (χ4v) is 3.65. The smallest absolute Gasteiger partial charge is 0.265 e. The molecule has 0 aliphatic carbocycles. The number of anilines is 1. The molecule has 1 heterocycles. The molecule has 4 rings (SSSR count). The zero-order chi connectivity index (χ0) is 19.8. The van der Waals surface area contributed by atoms with Crippen LogP contribution < -0.4 is 4.90 Å². The lowest BCUT2D eigenvalue weighted by Crippen LogP contribution is -2.41.